The van der Waals surface area contributed by atoms with Crippen LogP contribution in [0.15, 0.2) is 59.8 Å². The van der Waals surface area contributed by atoms with Gasteiger partial charge in [0.1, 0.15) is 11.4 Å². The van der Waals surface area contributed by atoms with Gasteiger partial charge in [-0.1, -0.05) is 53.7 Å². The minimum absolute atomic E-state index is 0.154. The largest absolute Gasteiger partial charge is 0.337 e. The summed E-state index contributed by atoms with van der Waals surface area (Å²) in [4.78, 5) is 12.6. The Morgan fingerprint density at radius 1 is 1.23 bits per heavy atom. The summed E-state index contributed by atoms with van der Waals surface area (Å²) in [6, 6.07) is 19.7. The summed E-state index contributed by atoms with van der Waals surface area (Å²) >= 11 is 7.37. The van der Waals surface area contributed by atoms with Gasteiger partial charge in [0.2, 0.25) is 5.91 Å². The van der Waals surface area contributed by atoms with E-state index >= 15 is 0 Å². The van der Waals surface area contributed by atoms with Crippen molar-refractivity contribution in [3.8, 4) is 11.8 Å². The molecule has 6 nitrogen and oxygen atoms in total. The fraction of sp³-hybridized carbons (Fsp3) is 0.304. The Morgan fingerprint density at radius 3 is 2.58 bits per heavy atom. The number of benzene rings is 2. The quantitative estimate of drug-likeness (QED) is 0.513. The number of nitriles is 1. The number of nitrogens with zero attached hydrogens (tertiary/aromatic N) is 4. The van der Waals surface area contributed by atoms with Crippen molar-refractivity contribution >= 4 is 29.3 Å². The maximum Gasteiger partial charge on any atom is 0.231 e. The zero-order valence-electron chi connectivity index (χ0n) is 17.1. The smallest absolute Gasteiger partial charge is 0.231 e. The van der Waals surface area contributed by atoms with E-state index in [0.29, 0.717) is 16.6 Å². The molecule has 1 aromatic heterocycles. The van der Waals surface area contributed by atoms with Crippen molar-refractivity contribution in [3.05, 3.63) is 71.0 Å². The number of aromatic nitrogens is 3. The summed E-state index contributed by atoms with van der Waals surface area (Å²) in [5, 5.41) is 22.4. The van der Waals surface area contributed by atoms with Crippen molar-refractivity contribution in [2.24, 2.45) is 5.92 Å². The van der Waals surface area contributed by atoms with Crippen LogP contribution in [0.4, 0.5) is 0 Å². The third-order valence-corrected chi connectivity index (χ3v) is 6.53. The molecule has 2 aromatic carbocycles. The van der Waals surface area contributed by atoms with Gasteiger partial charge in [-0.05, 0) is 55.5 Å². The second-order valence-electron chi connectivity index (χ2n) is 7.80. The van der Waals surface area contributed by atoms with Crippen LogP contribution in [0.1, 0.15) is 31.2 Å². The lowest BCUT2D eigenvalue weighted by Gasteiger charge is -2.22. The van der Waals surface area contributed by atoms with Gasteiger partial charge in [-0.25, -0.2) is 0 Å². The van der Waals surface area contributed by atoms with E-state index in [0.717, 1.165) is 29.9 Å². The van der Waals surface area contributed by atoms with Gasteiger partial charge in [0.15, 0.2) is 5.16 Å². The third kappa shape index (κ3) is 5.09. The van der Waals surface area contributed by atoms with Crippen LogP contribution in [0.2, 0.25) is 5.02 Å². The molecule has 1 N–H and O–H groups in total. The van der Waals surface area contributed by atoms with E-state index in [1.807, 2.05) is 59.2 Å². The molecule has 3 aromatic rings. The molecule has 1 saturated carbocycles. The summed E-state index contributed by atoms with van der Waals surface area (Å²) < 4.78 is 1.95. The highest BCUT2D eigenvalue weighted by molar-refractivity contribution is 7.99. The number of amides is 1. The first-order valence-corrected chi connectivity index (χ1v) is 11.4. The molecule has 1 heterocycles. The molecule has 0 radical (unpaired) electrons. The SMILES string of the molecule is CC(C#N)(NC(=O)CSc1nnc(Cc2ccccc2)n1-c1ccc(Cl)cc1)C1CC1. The molecule has 0 saturated heterocycles. The first kappa shape index (κ1) is 21.4. The standard InChI is InChI=1S/C23H22ClN5OS/c1-23(15-25,17-7-8-17)26-21(30)14-31-22-28-27-20(13-16-5-3-2-4-6-16)29(22)19-11-9-18(24)10-12-19/h2-6,9-12,17H,7-8,13-14H2,1H3,(H,26,30). The van der Waals surface area contributed by atoms with Gasteiger partial charge in [0.25, 0.3) is 0 Å². The fourth-order valence-electron chi connectivity index (χ4n) is 3.47. The fourth-order valence-corrected chi connectivity index (χ4v) is 4.37. The van der Waals surface area contributed by atoms with Crippen molar-refractivity contribution < 1.29 is 4.79 Å². The molecule has 158 valence electrons. The molecule has 31 heavy (non-hydrogen) atoms. The van der Waals surface area contributed by atoms with E-state index < -0.39 is 5.54 Å². The molecule has 1 amide bonds. The second-order valence-corrected chi connectivity index (χ2v) is 9.18. The van der Waals surface area contributed by atoms with Gasteiger partial charge >= 0.3 is 0 Å². The normalized spacial score (nSPS) is 15.1. The summed E-state index contributed by atoms with van der Waals surface area (Å²) in [7, 11) is 0. The topological polar surface area (TPSA) is 83.6 Å². The van der Waals surface area contributed by atoms with Crippen LogP contribution in [0.5, 0.6) is 0 Å². The predicted octanol–water partition coefficient (Wildman–Crippen LogP) is 4.41. The van der Waals surface area contributed by atoms with Crippen LogP contribution in [0.3, 0.4) is 0 Å². The molecule has 4 rings (SSSR count). The highest BCUT2D eigenvalue weighted by Crippen LogP contribution is 2.39. The first-order valence-electron chi connectivity index (χ1n) is 10.1. The molecule has 1 atom stereocenters. The lowest BCUT2D eigenvalue weighted by molar-refractivity contribution is -0.119. The predicted molar refractivity (Wildman–Crippen MR) is 121 cm³/mol. The average molecular weight is 452 g/mol. The second kappa shape index (κ2) is 9.13. The van der Waals surface area contributed by atoms with E-state index in [4.69, 9.17) is 11.6 Å². The number of carbonyl (C=O) groups is 1. The van der Waals surface area contributed by atoms with Crippen LogP contribution in [0.25, 0.3) is 5.69 Å². The molecule has 0 aliphatic heterocycles. The van der Waals surface area contributed by atoms with Crippen molar-refractivity contribution in [1.82, 2.24) is 20.1 Å². The van der Waals surface area contributed by atoms with Crippen LogP contribution >= 0.6 is 23.4 Å². The number of thioether (sulfide) groups is 1. The van der Waals surface area contributed by atoms with Crippen LogP contribution in [-0.2, 0) is 11.2 Å². The number of hydrogen-bond donors (Lipinski definition) is 1. The van der Waals surface area contributed by atoms with Gasteiger partial charge < -0.3 is 5.32 Å². The van der Waals surface area contributed by atoms with Crippen molar-refractivity contribution in [2.45, 2.75) is 36.9 Å². The number of halogens is 1. The number of carbonyl (C=O) groups excluding carboxylic acids is 1. The molecule has 0 spiro atoms. The Bertz CT molecular complexity index is 1110. The van der Waals surface area contributed by atoms with E-state index in [1.165, 1.54) is 11.8 Å². The van der Waals surface area contributed by atoms with Crippen molar-refractivity contribution in [3.63, 3.8) is 0 Å². The molecule has 1 fully saturated rings. The van der Waals surface area contributed by atoms with E-state index in [9.17, 15) is 10.1 Å². The highest BCUT2D eigenvalue weighted by atomic mass is 35.5. The minimum atomic E-state index is -0.806. The molecular formula is C23H22ClN5OS. The summed E-state index contributed by atoms with van der Waals surface area (Å²) in [5.74, 6) is 0.982. The first-order chi connectivity index (χ1) is 15.0. The summed E-state index contributed by atoms with van der Waals surface area (Å²) in [5.41, 5.74) is 1.19. The molecule has 1 aliphatic rings. The molecule has 1 aliphatic carbocycles. The number of rotatable bonds is 8. The maximum absolute atomic E-state index is 12.6. The maximum atomic E-state index is 12.6. The van der Waals surface area contributed by atoms with Crippen molar-refractivity contribution in [1.29, 1.82) is 5.26 Å². The Labute approximate surface area is 190 Å². The Hall–Kier alpha value is -2.82. The Morgan fingerprint density at radius 2 is 1.94 bits per heavy atom. The minimum Gasteiger partial charge on any atom is -0.337 e. The van der Waals surface area contributed by atoms with Crippen molar-refractivity contribution in [2.75, 3.05) is 5.75 Å². The highest BCUT2D eigenvalue weighted by Gasteiger charge is 2.43. The summed E-state index contributed by atoms with van der Waals surface area (Å²) in [6.07, 6.45) is 2.56. The van der Waals surface area contributed by atoms with Gasteiger partial charge in [0, 0.05) is 17.1 Å². The van der Waals surface area contributed by atoms with Gasteiger partial charge in [0.05, 0.1) is 11.8 Å². The Kier molecular flexibility index (Phi) is 6.30. The van der Waals surface area contributed by atoms with Crippen LogP contribution < -0.4 is 5.32 Å². The number of hydrogen-bond acceptors (Lipinski definition) is 5. The van der Waals surface area contributed by atoms with E-state index in [1.54, 1.807) is 6.92 Å². The lowest BCUT2D eigenvalue weighted by Crippen LogP contribution is -2.47. The summed E-state index contributed by atoms with van der Waals surface area (Å²) in [6.45, 7) is 1.79. The van der Waals surface area contributed by atoms with Gasteiger partial charge in [-0.3, -0.25) is 9.36 Å². The van der Waals surface area contributed by atoms with Crippen LogP contribution in [-0.4, -0.2) is 32.0 Å². The third-order valence-electron chi connectivity index (χ3n) is 5.35. The zero-order chi connectivity index (χ0) is 21.8. The van der Waals surface area contributed by atoms with E-state index in [2.05, 4.69) is 21.6 Å². The number of nitrogens with one attached hydrogen (secondary N) is 1. The average Bonchev–Trinajstić information content (AvgIpc) is 3.57. The van der Waals surface area contributed by atoms with E-state index in [-0.39, 0.29) is 17.6 Å². The molecular weight excluding hydrogens is 430 g/mol. The van der Waals surface area contributed by atoms with Gasteiger partial charge in [-0.15, -0.1) is 10.2 Å². The molecule has 8 heteroatoms. The van der Waals surface area contributed by atoms with Crippen LogP contribution in [0, 0.1) is 17.2 Å². The lowest BCUT2D eigenvalue weighted by atomic mass is 9.98. The molecule has 0 bridgehead atoms. The zero-order valence-corrected chi connectivity index (χ0v) is 18.7. The Balaban J connectivity index is 1.55. The molecule has 1 unspecified atom stereocenters. The monoisotopic (exact) mass is 451 g/mol. The van der Waals surface area contributed by atoms with Gasteiger partial charge in [-0.2, -0.15) is 5.26 Å².